The number of morpholine rings is 1. The molecule has 0 radical (unpaired) electrons. The summed E-state index contributed by atoms with van der Waals surface area (Å²) in [6, 6.07) is 0. The Morgan fingerprint density at radius 3 is 2.78 bits per heavy atom. The molecule has 1 aromatic rings. The monoisotopic (exact) mass is 395 g/mol. The number of aromatic nitrogens is 2. The van der Waals surface area contributed by atoms with Crippen molar-refractivity contribution < 1.29 is 22.7 Å². The average molecular weight is 395 g/mol. The number of likely N-dealkylation sites (N-methyl/N-ethyl adjacent to an activating group) is 1. The minimum atomic E-state index is -3.68. The van der Waals surface area contributed by atoms with Gasteiger partial charge >= 0.3 is 0 Å². The molecular formula is C16H21N5O5S. The number of likely N-dealkylation sites (tertiary alicyclic amines) is 1. The van der Waals surface area contributed by atoms with Crippen molar-refractivity contribution in [2.24, 2.45) is 0 Å². The topological polar surface area (TPSA) is 113 Å². The van der Waals surface area contributed by atoms with Crippen molar-refractivity contribution in [1.29, 1.82) is 0 Å². The molecule has 0 unspecified atom stereocenters. The number of hydrogen-bond donors (Lipinski definition) is 0. The standard InChI is InChI=1S/C16H21N5O5S/c1-19(2)14(22)8-21-10-16-9-20(15(23)12-6-17-3-4-18-12)7-11(26-16)5-13(16)27(21,24)25/h3-4,6,11,13H,5,7-10H2,1-2H3/t11-,13+,16+/m1/s1. The smallest absolute Gasteiger partial charge is 0.274 e. The number of amides is 2. The van der Waals surface area contributed by atoms with Crippen molar-refractivity contribution >= 4 is 21.8 Å². The van der Waals surface area contributed by atoms with Crippen LogP contribution in [0.2, 0.25) is 0 Å². The van der Waals surface area contributed by atoms with Crippen molar-refractivity contribution in [3.63, 3.8) is 0 Å². The molecule has 146 valence electrons. The number of carbonyl (C=O) groups is 2. The number of nitrogens with zero attached hydrogens (tertiary/aromatic N) is 5. The average Bonchev–Trinajstić information content (AvgIpc) is 3.00. The minimum Gasteiger partial charge on any atom is -0.365 e. The lowest BCUT2D eigenvalue weighted by Gasteiger charge is -2.39. The van der Waals surface area contributed by atoms with E-state index < -0.39 is 20.9 Å². The van der Waals surface area contributed by atoms with Crippen LogP contribution in [0.1, 0.15) is 16.9 Å². The molecule has 1 spiro atoms. The maximum Gasteiger partial charge on any atom is 0.274 e. The second-order valence-electron chi connectivity index (χ2n) is 7.41. The van der Waals surface area contributed by atoms with Crippen LogP contribution in [0.25, 0.3) is 0 Å². The molecule has 3 saturated heterocycles. The zero-order valence-electron chi connectivity index (χ0n) is 15.1. The summed E-state index contributed by atoms with van der Waals surface area (Å²) in [4.78, 5) is 35.7. The lowest BCUT2D eigenvalue weighted by Crippen LogP contribution is -2.56. The van der Waals surface area contributed by atoms with Gasteiger partial charge in [-0.2, -0.15) is 4.31 Å². The van der Waals surface area contributed by atoms with E-state index in [1.165, 1.54) is 27.8 Å². The van der Waals surface area contributed by atoms with Crippen LogP contribution in [0.5, 0.6) is 0 Å². The molecule has 10 nitrogen and oxygen atoms in total. The minimum absolute atomic E-state index is 0.0698. The molecule has 3 aliphatic heterocycles. The predicted octanol–water partition coefficient (Wildman–Crippen LogP) is -1.44. The van der Waals surface area contributed by atoms with E-state index in [0.29, 0.717) is 13.0 Å². The molecule has 4 rings (SSSR count). The molecule has 4 heterocycles. The maximum absolute atomic E-state index is 13.0. The summed E-state index contributed by atoms with van der Waals surface area (Å²) in [5.74, 6) is -0.591. The van der Waals surface area contributed by atoms with Crippen molar-refractivity contribution in [2.45, 2.75) is 23.4 Å². The van der Waals surface area contributed by atoms with Crippen LogP contribution in [0.4, 0.5) is 0 Å². The third-order valence-electron chi connectivity index (χ3n) is 5.39. The highest BCUT2D eigenvalue weighted by Crippen LogP contribution is 2.46. The Kier molecular flexibility index (Phi) is 4.20. The van der Waals surface area contributed by atoms with E-state index in [1.807, 2.05) is 0 Å². The quantitative estimate of drug-likeness (QED) is 0.616. The van der Waals surface area contributed by atoms with Gasteiger partial charge in [-0.25, -0.2) is 13.4 Å². The third kappa shape index (κ3) is 2.89. The van der Waals surface area contributed by atoms with Crippen LogP contribution in [0, 0.1) is 0 Å². The van der Waals surface area contributed by atoms with Crippen LogP contribution in [-0.2, 0) is 19.6 Å². The Bertz CT molecular complexity index is 876. The van der Waals surface area contributed by atoms with Gasteiger partial charge in [-0.1, -0.05) is 0 Å². The summed E-state index contributed by atoms with van der Waals surface area (Å²) in [5, 5.41) is -0.746. The highest BCUT2D eigenvalue weighted by atomic mass is 32.2. The fourth-order valence-electron chi connectivity index (χ4n) is 4.11. The van der Waals surface area contributed by atoms with E-state index in [9.17, 15) is 18.0 Å². The molecule has 0 saturated carbocycles. The molecule has 11 heteroatoms. The van der Waals surface area contributed by atoms with Gasteiger partial charge in [0.1, 0.15) is 16.5 Å². The van der Waals surface area contributed by atoms with Gasteiger partial charge in [0.25, 0.3) is 5.91 Å². The van der Waals surface area contributed by atoms with Gasteiger partial charge in [-0.3, -0.25) is 14.6 Å². The van der Waals surface area contributed by atoms with E-state index in [-0.39, 0.29) is 43.2 Å². The molecule has 2 bridgehead atoms. The third-order valence-corrected chi connectivity index (χ3v) is 7.71. The van der Waals surface area contributed by atoms with Crippen molar-refractivity contribution in [3.8, 4) is 0 Å². The highest BCUT2D eigenvalue weighted by Gasteiger charge is 2.65. The number of hydrogen-bond acceptors (Lipinski definition) is 7. The fraction of sp³-hybridized carbons (Fsp3) is 0.625. The zero-order valence-corrected chi connectivity index (χ0v) is 15.9. The molecule has 3 fully saturated rings. The highest BCUT2D eigenvalue weighted by molar-refractivity contribution is 7.90. The number of rotatable bonds is 3. The molecule has 27 heavy (non-hydrogen) atoms. The normalized spacial score (nSPS) is 31.6. The first-order chi connectivity index (χ1) is 12.7. The molecular weight excluding hydrogens is 374 g/mol. The lowest BCUT2D eigenvalue weighted by atomic mass is 9.99. The molecule has 0 N–H and O–H groups in total. The van der Waals surface area contributed by atoms with Crippen molar-refractivity contribution in [2.75, 3.05) is 40.3 Å². The van der Waals surface area contributed by atoms with Gasteiger partial charge in [-0.05, 0) is 6.42 Å². The first-order valence-corrected chi connectivity index (χ1v) is 10.2. The van der Waals surface area contributed by atoms with E-state index in [0.717, 1.165) is 0 Å². The van der Waals surface area contributed by atoms with Gasteiger partial charge in [0.15, 0.2) is 0 Å². The Labute approximate surface area is 157 Å². The SMILES string of the molecule is CN(C)C(=O)CN1C[C@@]23CN(C(=O)c4cnccn4)C[C@@H](C[C@@H]2S1(=O)=O)O3. The van der Waals surface area contributed by atoms with Gasteiger partial charge in [0.05, 0.1) is 25.4 Å². The summed E-state index contributed by atoms with van der Waals surface area (Å²) in [6.07, 6.45) is 4.29. The summed E-state index contributed by atoms with van der Waals surface area (Å²) in [7, 11) is -0.512. The molecule has 3 atom stereocenters. The van der Waals surface area contributed by atoms with Crippen molar-refractivity contribution in [1.82, 2.24) is 24.1 Å². The summed E-state index contributed by atoms with van der Waals surface area (Å²) in [6.45, 7) is 0.315. The summed E-state index contributed by atoms with van der Waals surface area (Å²) >= 11 is 0. The predicted molar refractivity (Wildman–Crippen MR) is 93.1 cm³/mol. The Morgan fingerprint density at radius 1 is 1.33 bits per heavy atom. The van der Waals surface area contributed by atoms with E-state index in [4.69, 9.17) is 4.74 Å². The van der Waals surface area contributed by atoms with E-state index in [1.54, 1.807) is 19.0 Å². The van der Waals surface area contributed by atoms with Gasteiger partial charge in [0, 0.05) is 39.6 Å². The van der Waals surface area contributed by atoms with E-state index in [2.05, 4.69) is 9.97 Å². The first-order valence-electron chi connectivity index (χ1n) is 8.65. The second-order valence-corrected chi connectivity index (χ2v) is 9.52. The van der Waals surface area contributed by atoms with Crippen LogP contribution in [-0.4, -0.2) is 102 Å². The summed E-state index contributed by atoms with van der Waals surface area (Å²) < 4.78 is 33.2. The van der Waals surface area contributed by atoms with Crippen LogP contribution in [0.15, 0.2) is 18.6 Å². The lowest BCUT2D eigenvalue weighted by molar-refractivity contribution is -0.130. The Hall–Kier alpha value is -2.11. The van der Waals surface area contributed by atoms with E-state index >= 15 is 0 Å². The number of fused-ring (bicyclic) bond motifs is 1. The molecule has 3 aliphatic rings. The first kappa shape index (κ1) is 18.3. The van der Waals surface area contributed by atoms with Crippen molar-refractivity contribution in [3.05, 3.63) is 24.3 Å². The summed E-state index contributed by atoms with van der Waals surface area (Å²) in [5.41, 5.74) is -0.793. The molecule has 1 aromatic heterocycles. The number of sulfonamides is 1. The molecule has 0 aliphatic carbocycles. The second kappa shape index (κ2) is 6.21. The molecule has 2 amide bonds. The number of ether oxygens (including phenoxy) is 1. The van der Waals surface area contributed by atoms with Gasteiger partial charge in [0.2, 0.25) is 15.9 Å². The van der Waals surface area contributed by atoms with Crippen LogP contribution < -0.4 is 0 Å². The maximum atomic E-state index is 13.0. The Balaban J connectivity index is 1.59. The van der Waals surface area contributed by atoms with Crippen LogP contribution in [0.3, 0.4) is 0 Å². The van der Waals surface area contributed by atoms with Gasteiger partial charge < -0.3 is 14.5 Å². The van der Waals surface area contributed by atoms with Crippen LogP contribution >= 0.6 is 0 Å². The molecule has 0 aromatic carbocycles. The van der Waals surface area contributed by atoms with Gasteiger partial charge in [-0.15, -0.1) is 0 Å². The fourth-order valence-corrected chi connectivity index (χ4v) is 6.36. The largest absolute Gasteiger partial charge is 0.365 e. The number of carbonyl (C=O) groups excluding carboxylic acids is 2. The Morgan fingerprint density at radius 2 is 2.11 bits per heavy atom. The zero-order chi connectivity index (χ0) is 19.4.